The molecular weight excluding hydrogens is 168 g/mol. The number of aryl methyl sites for hydroxylation is 1. The standard InChI is InChI=1S/C14H20/c1-2-3-4-5-6-8-11-14-12-9-7-10-13-14/h4-5,7,9-10,12-13H,2-3,6,8,11H2,1H3/b5-4+. The molecule has 0 amide bonds. The normalized spacial score (nSPS) is 10.9. The number of hydrogen-bond donors (Lipinski definition) is 0. The first-order chi connectivity index (χ1) is 6.93. The number of unbranched alkanes of at least 4 members (excludes halogenated alkanes) is 2. The maximum Gasteiger partial charge on any atom is -0.0276 e. The van der Waals surface area contributed by atoms with Gasteiger partial charge in [-0.2, -0.15) is 0 Å². The van der Waals surface area contributed by atoms with Gasteiger partial charge >= 0.3 is 0 Å². The van der Waals surface area contributed by atoms with Crippen molar-refractivity contribution in [2.24, 2.45) is 0 Å². The average molecular weight is 188 g/mol. The van der Waals surface area contributed by atoms with Crippen molar-refractivity contribution in [3.63, 3.8) is 0 Å². The molecular formula is C14H20. The smallest absolute Gasteiger partial charge is 0.0276 e. The van der Waals surface area contributed by atoms with E-state index in [0.717, 1.165) is 0 Å². The van der Waals surface area contributed by atoms with E-state index in [0.29, 0.717) is 0 Å². The Morgan fingerprint density at radius 2 is 1.71 bits per heavy atom. The predicted molar refractivity (Wildman–Crippen MR) is 63.4 cm³/mol. The van der Waals surface area contributed by atoms with Gasteiger partial charge in [0.1, 0.15) is 0 Å². The van der Waals surface area contributed by atoms with Crippen LogP contribution in [0.15, 0.2) is 42.5 Å². The molecule has 0 N–H and O–H groups in total. The minimum absolute atomic E-state index is 1.21. The maximum absolute atomic E-state index is 2.31. The highest BCUT2D eigenvalue weighted by molar-refractivity contribution is 5.14. The van der Waals surface area contributed by atoms with Gasteiger partial charge in [-0.25, -0.2) is 0 Å². The molecule has 0 radical (unpaired) electrons. The molecule has 14 heavy (non-hydrogen) atoms. The van der Waals surface area contributed by atoms with Gasteiger partial charge in [0, 0.05) is 0 Å². The van der Waals surface area contributed by atoms with Crippen molar-refractivity contribution >= 4 is 0 Å². The van der Waals surface area contributed by atoms with Gasteiger partial charge in [-0.1, -0.05) is 55.8 Å². The molecule has 1 aromatic carbocycles. The lowest BCUT2D eigenvalue weighted by molar-refractivity contribution is 0.836. The van der Waals surface area contributed by atoms with Crippen molar-refractivity contribution in [3.8, 4) is 0 Å². The lowest BCUT2D eigenvalue weighted by Crippen LogP contribution is -1.82. The van der Waals surface area contributed by atoms with E-state index in [1.165, 1.54) is 37.7 Å². The van der Waals surface area contributed by atoms with E-state index in [1.54, 1.807) is 0 Å². The van der Waals surface area contributed by atoms with Crippen molar-refractivity contribution in [1.82, 2.24) is 0 Å². The molecule has 0 atom stereocenters. The van der Waals surface area contributed by atoms with Gasteiger partial charge in [0.15, 0.2) is 0 Å². The first kappa shape index (κ1) is 11.0. The SMILES string of the molecule is CCC/C=C/CCCc1ccccc1. The Bertz CT molecular complexity index is 246. The highest BCUT2D eigenvalue weighted by atomic mass is 13.9. The summed E-state index contributed by atoms with van der Waals surface area (Å²) in [7, 11) is 0. The molecule has 0 fully saturated rings. The Balaban J connectivity index is 2.10. The minimum atomic E-state index is 1.21. The van der Waals surface area contributed by atoms with Crippen molar-refractivity contribution in [3.05, 3.63) is 48.0 Å². The summed E-state index contributed by atoms with van der Waals surface area (Å²) in [6, 6.07) is 10.7. The molecule has 0 spiro atoms. The zero-order valence-corrected chi connectivity index (χ0v) is 9.08. The molecule has 0 saturated heterocycles. The fourth-order valence-electron chi connectivity index (χ4n) is 1.47. The van der Waals surface area contributed by atoms with Crippen LogP contribution in [0.1, 0.15) is 38.2 Å². The van der Waals surface area contributed by atoms with Crippen LogP contribution in [0.4, 0.5) is 0 Å². The summed E-state index contributed by atoms with van der Waals surface area (Å²) in [6.45, 7) is 2.22. The molecule has 0 heterocycles. The quantitative estimate of drug-likeness (QED) is 0.459. The van der Waals surface area contributed by atoms with Crippen LogP contribution in [-0.2, 0) is 6.42 Å². The topological polar surface area (TPSA) is 0 Å². The van der Waals surface area contributed by atoms with Crippen molar-refractivity contribution in [2.45, 2.75) is 39.0 Å². The molecule has 76 valence electrons. The Kier molecular flexibility index (Phi) is 5.81. The summed E-state index contributed by atoms with van der Waals surface area (Å²) in [5.74, 6) is 0. The van der Waals surface area contributed by atoms with Crippen molar-refractivity contribution in [1.29, 1.82) is 0 Å². The molecule has 0 unspecified atom stereocenters. The molecule has 0 aliphatic rings. The predicted octanol–water partition coefficient (Wildman–Crippen LogP) is 4.37. The molecule has 1 aromatic rings. The van der Waals surface area contributed by atoms with E-state index in [2.05, 4.69) is 49.4 Å². The first-order valence-electron chi connectivity index (χ1n) is 5.62. The van der Waals surface area contributed by atoms with Crippen LogP contribution in [0.25, 0.3) is 0 Å². The van der Waals surface area contributed by atoms with Gasteiger partial charge in [-0.3, -0.25) is 0 Å². The Morgan fingerprint density at radius 1 is 1.00 bits per heavy atom. The fourth-order valence-corrected chi connectivity index (χ4v) is 1.47. The number of allylic oxidation sites excluding steroid dienone is 2. The number of hydrogen-bond acceptors (Lipinski definition) is 0. The van der Waals surface area contributed by atoms with Gasteiger partial charge in [0.25, 0.3) is 0 Å². The number of benzene rings is 1. The maximum atomic E-state index is 2.31. The molecule has 0 saturated carbocycles. The van der Waals surface area contributed by atoms with Crippen LogP contribution in [-0.4, -0.2) is 0 Å². The van der Waals surface area contributed by atoms with E-state index in [9.17, 15) is 0 Å². The van der Waals surface area contributed by atoms with Gasteiger partial charge in [-0.05, 0) is 31.2 Å². The fraction of sp³-hybridized carbons (Fsp3) is 0.429. The number of rotatable bonds is 6. The van der Waals surface area contributed by atoms with Crippen LogP contribution in [0, 0.1) is 0 Å². The first-order valence-corrected chi connectivity index (χ1v) is 5.62. The largest absolute Gasteiger partial charge is 0.0885 e. The van der Waals surface area contributed by atoms with Crippen molar-refractivity contribution in [2.75, 3.05) is 0 Å². The van der Waals surface area contributed by atoms with Crippen LogP contribution in [0.3, 0.4) is 0 Å². The lowest BCUT2D eigenvalue weighted by atomic mass is 10.1. The zero-order valence-electron chi connectivity index (χ0n) is 9.08. The van der Waals surface area contributed by atoms with Gasteiger partial charge < -0.3 is 0 Å². The summed E-state index contributed by atoms with van der Waals surface area (Å²) in [6.07, 6.45) is 10.8. The highest BCUT2D eigenvalue weighted by Crippen LogP contribution is 2.05. The zero-order chi connectivity index (χ0) is 10.1. The molecule has 1 rings (SSSR count). The molecule has 0 heteroatoms. The third-order valence-corrected chi connectivity index (χ3v) is 2.30. The van der Waals surface area contributed by atoms with Crippen LogP contribution < -0.4 is 0 Å². The van der Waals surface area contributed by atoms with Gasteiger partial charge in [-0.15, -0.1) is 0 Å². The van der Waals surface area contributed by atoms with Crippen LogP contribution in [0.5, 0.6) is 0 Å². The Labute approximate surface area is 87.7 Å². The minimum Gasteiger partial charge on any atom is -0.0885 e. The summed E-state index contributed by atoms with van der Waals surface area (Å²) in [5, 5.41) is 0. The van der Waals surface area contributed by atoms with Crippen LogP contribution in [0.2, 0.25) is 0 Å². The lowest BCUT2D eigenvalue weighted by Gasteiger charge is -1.97. The van der Waals surface area contributed by atoms with E-state index >= 15 is 0 Å². The highest BCUT2D eigenvalue weighted by Gasteiger charge is 1.89. The summed E-state index contributed by atoms with van der Waals surface area (Å²) < 4.78 is 0. The summed E-state index contributed by atoms with van der Waals surface area (Å²) >= 11 is 0. The second kappa shape index (κ2) is 7.37. The Hall–Kier alpha value is -1.04. The van der Waals surface area contributed by atoms with Crippen molar-refractivity contribution < 1.29 is 0 Å². The summed E-state index contributed by atoms with van der Waals surface area (Å²) in [5.41, 5.74) is 1.45. The average Bonchev–Trinajstić information content (AvgIpc) is 2.25. The molecule has 0 aromatic heterocycles. The molecule has 0 aliphatic heterocycles. The van der Waals surface area contributed by atoms with E-state index < -0.39 is 0 Å². The third-order valence-electron chi connectivity index (χ3n) is 2.30. The van der Waals surface area contributed by atoms with E-state index in [4.69, 9.17) is 0 Å². The van der Waals surface area contributed by atoms with Gasteiger partial charge in [0.05, 0.1) is 0 Å². The van der Waals surface area contributed by atoms with Crippen LogP contribution >= 0.6 is 0 Å². The Morgan fingerprint density at radius 3 is 2.43 bits per heavy atom. The molecule has 0 bridgehead atoms. The monoisotopic (exact) mass is 188 g/mol. The molecule has 0 nitrogen and oxygen atoms in total. The molecule has 0 aliphatic carbocycles. The van der Waals surface area contributed by atoms with Gasteiger partial charge in [0.2, 0.25) is 0 Å². The van der Waals surface area contributed by atoms with E-state index in [-0.39, 0.29) is 0 Å². The second-order valence-electron chi connectivity index (χ2n) is 3.64. The summed E-state index contributed by atoms with van der Waals surface area (Å²) in [4.78, 5) is 0. The second-order valence-corrected chi connectivity index (χ2v) is 3.64. The van der Waals surface area contributed by atoms with E-state index in [1.807, 2.05) is 0 Å². The third kappa shape index (κ3) is 4.86.